The third-order valence-electron chi connectivity index (χ3n) is 6.06. The van der Waals surface area contributed by atoms with Crippen molar-refractivity contribution in [1.82, 2.24) is 19.6 Å². The van der Waals surface area contributed by atoms with Crippen LogP contribution in [-0.2, 0) is 10.0 Å². The highest BCUT2D eigenvalue weighted by atomic mass is 32.2. The zero-order valence-electron chi connectivity index (χ0n) is 20.7. The van der Waals surface area contributed by atoms with Gasteiger partial charge < -0.3 is 15.0 Å². The second-order valence-corrected chi connectivity index (χ2v) is 11.2. The lowest BCUT2D eigenvalue weighted by molar-refractivity contribution is 0.0852. The van der Waals surface area contributed by atoms with Crippen LogP contribution < -0.4 is 20.2 Å². The van der Waals surface area contributed by atoms with E-state index in [2.05, 4.69) is 38.8 Å². The summed E-state index contributed by atoms with van der Waals surface area (Å²) in [6.45, 7) is 10.0. The highest BCUT2D eigenvalue weighted by molar-refractivity contribution is 7.89. The summed E-state index contributed by atoms with van der Waals surface area (Å²) in [6, 6.07) is 10.5. The van der Waals surface area contributed by atoms with E-state index in [1.165, 1.54) is 0 Å². The van der Waals surface area contributed by atoms with Gasteiger partial charge in [0.2, 0.25) is 16.0 Å². The predicted octanol–water partition coefficient (Wildman–Crippen LogP) is 3.11. The van der Waals surface area contributed by atoms with Crippen LogP contribution in [0.5, 0.6) is 5.75 Å². The van der Waals surface area contributed by atoms with Gasteiger partial charge in [0.1, 0.15) is 25.2 Å². The molecule has 0 unspecified atom stereocenters. The van der Waals surface area contributed by atoms with Crippen molar-refractivity contribution >= 4 is 45.9 Å². The van der Waals surface area contributed by atoms with E-state index in [0.29, 0.717) is 34.4 Å². The van der Waals surface area contributed by atoms with Gasteiger partial charge in [0.15, 0.2) is 0 Å². The fourth-order valence-corrected chi connectivity index (χ4v) is 5.44. The van der Waals surface area contributed by atoms with E-state index >= 15 is 0 Å². The van der Waals surface area contributed by atoms with Crippen molar-refractivity contribution in [2.75, 3.05) is 18.4 Å². The fourth-order valence-electron chi connectivity index (χ4n) is 4.18. The first-order valence-corrected chi connectivity index (χ1v) is 13.5. The van der Waals surface area contributed by atoms with Crippen molar-refractivity contribution in [2.45, 2.75) is 63.6 Å². The number of piperidine rings is 1. The van der Waals surface area contributed by atoms with Crippen LogP contribution >= 0.6 is 0 Å². The molecule has 2 aromatic carbocycles. The fraction of sp³-hybridized carbons (Fsp3) is 0.440. The molecule has 1 aromatic heterocycles. The summed E-state index contributed by atoms with van der Waals surface area (Å²) in [5.41, 5.74) is 1.90. The lowest BCUT2D eigenvalue weighted by atomic mass is 9.92. The summed E-state index contributed by atoms with van der Waals surface area (Å²) in [5, 5.41) is 3.87. The topological polar surface area (TPSA) is 96.5 Å². The van der Waals surface area contributed by atoms with Crippen LogP contribution in [0.2, 0.25) is 0 Å². The molecule has 0 atom stereocenters. The molecule has 35 heavy (non-hydrogen) atoms. The van der Waals surface area contributed by atoms with Crippen LogP contribution in [-0.4, -0.2) is 62.4 Å². The third kappa shape index (κ3) is 6.12. The first kappa shape index (κ1) is 25.4. The quantitative estimate of drug-likeness (QED) is 0.466. The Morgan fingerprint density at radius 1 is 1.06 bits per heavy atom. The molecule has 3 aromatic rings. The monoisotopic (exact) mass is 493 g/mol. The molecule has 1 aliphatic heterocycles. The van der Waals surface area contributed by atoms with Gasteiger partial charge in [-0.25, -0.2) is 23.1 Å². The molecule has 8 nitrogen and oxygen atoms in total. The second-order valence-electron chi connectivity index (χ2n) is 9.48. The Morgan fingerprint density at radius 3 is 2.37 bits per heavy atom. The van der Waals surface area contributed by atoms with Crippen molar-refractivity contribution in [3.05, 3.63) is 42.6 Å². The Bertz CT molecular complexity index is 1270. The van der Waals surface area contributed by atoms with E-state index in [1.807, 2.05) is 12.1 Å². The average molecular weight is 493 g/mol. The van der Waals surface area contributed by atoms with Crippen molar-refractivity contribution in [3.8, 4) is 5.75 Å². The Morgan fingerprint density at radius 2 is 1.74 bits per heavy atom. The van der Waals surface area contributed by atoms with Crippen LogP contribution in [0.25, 0.3) is 10.9 Å². The zero-order valence-corrected chi connectivity index (χ0v) is 21.5. The molecule has 0 amide bonds. The summed E-state index contributed by atoms with van der Waals surface area (Å²) < 4.78 is 33.7. The van der Waals surface area contributed by atoms with Crippen LogP contribution in [0.1, 0.15) is 40.5 Å². The highest BCUT2D eigenvalue weighted by Gasteiger charge is 2.23. The van der Waals surface area contributed by atoms with Crippen LogP contribution in [0, 0.1) is 0 Å². The molecular weight excluding hydrogens is 461 g/mol. The Labute approximate surface area is 209 Å². The smallest absolute Gasteiger partial charge is 0.240 e. The molecule has 2 N–H and O–H groups in total. The van der Waals surface area contributed by atoms with Gasteiger partial charge in [-0.2, -0.15) is 0 Å². The van der Waals surface area contributed by atoms with Crippen LogP contribution in [0.4, 0.5) is 11.6 Å². The standard InChI is InChI=1S/C25H32BN5O3S/c1-16(2)30-35(32,33)20-7-5-18(6-8-20)28-25-27-15-21-22(26)9-10-23(24(21)29-25)34-19-11-13-31(14-12-19)17(3)4/h5-10,15-17,19,30H,11-14H2,1-4H3,(H,27,28,29). The number of anilines is 2. The van der Waals surface area contributed by atoms with Crippen molar-refractivity contribution in [3.63, 3.8) is 0 Å². The van der Waals surface area contributed by atoms with Gasteiger partial charge >= 0.3 is 0 Å². The van der Waals surface area contributed by atoms with Gasteiger partial charge in [0, 0.05) is 42.4 Å². The number of nitrogens with one attached hydrogen (secondary N) is 2. The number of sulfonamides is 1. The molecule has 1 fully saturated rings. The first-order chi connectivity index (χ1) is 16.6. The third-order valence-corrected chi connectivity index (χ3v) is 7.73. The van der Waals surface area contributed by atoms with Crippen molar-refractivity contribution in [1.29, 1.82) is 0 Å². The first-order valence-electron chi connectivity index (χ1n) is 12.0. The molecule has 0 spiro atoms. The number of ether oxygens (including phenoxy) is 1. The summed E-state index contributed by atoms with van der Waals surface area (Å²) in [6.07, 6.45) is 3.72. The number of aromatic nitrogens is 2. The minimum atomic E-state index is -3.55. The molecule has 2 radical (unpaired) electrons. The molecule has 1 saturated heterocycles. The van der Waals surface area contributed by atoms with Gasteiger partial charge in [-0.1, -0.05) is 11.5 Å². The summed E-state index contributed by atoms with van der Waals surface area (Å²) in [7, 11) is 2.63. The minimum Gasteiger partial charge on any atom is -0.488 e. The molecule has 0 saturated carbocycles. The predicted molar refractivity (Wildman–Crippen MR) is 140 cm³/mol. The van der Waals surface area contributed by atoms with E-state index < -0.39 is 10.0 Å². The lowest BCUT2D eigenvalue weighted by Gasteiger charge is -2.34. The zero-order chi connectivity index (χ0) is 25.2. The second kappa shape index (κ2) is 10.5. The molecule has 10 heteroatoms. The Balaban J connectivity index is 1.53. The number of benzene rings is 2. The largest absolute Gasteiger partial charge is 0.488 e. The molecule has 1 aliphatic rings. The van der Waals surface area contributed by atoms with Crippen molar-refractivity contribution in [2.24, 2.45) is 0 Å². The van der Waals surface area contributed by atoms with Gasteiger partial charge in [0.05, 0.1) is 4.90 Å². The van der Waals surface area contributed by atoms with E-state index in [4.69, 9.17) is 12.6 Å². The van der Waals surface area contributed by atoms with Gasteiger partial charge in [0.25, 0.3) is 0 Å². The summed E-state index contributed by atoms with van der Waals surface area (Å²) in [4.78, 5) is 11.7. The van der Waals surface area contributed by atoms with Crippen LogP contribution in [0.3, 0.4) is 0 Å². The molecule has 0 aliphatic carbocycles. The minimum absolute atomic E-state index is 0.122. The van der Waals surface area contributed by atoms with E-state index in [9.17, 15) is 8.42 Å². The van der Waals surface area contributed by atoms with Gasteiger partial charge in [-0.05, 0) is 70.9 Å². The Kier molecular flexibility index (Phi) is 7.63. The lowest BCUT2D eigenvalue weighted by Crippen LogP contribution is -2.41. The maximum Gasteiger partial charge on any atom is 0.240 e. The average Bonchev–Trinajstić information content (AvgIpc) is 2.81. The maximum atomic E-state index is 12.4. The van der Waals surface area contributed by atoms with Crippen LogP contribution in [0.15, 0.2) is 47.5 Å². The highest BCUT2D eigenvalue weighted by Crippen LogP contribution is 2.27. The maximum absolute atomic E-state index is 12.4. The van der Waals surface area contributed by atoms with E-state index in [-0.39, 0.29) is 17.0 Å². The molecule has 184 valence electrons. The molecular formula is C25H32BN5O3S. The summed E-state index contributed by atoms with van der Waals surface area (Å²) in [5.74, 6) is 1.06. The SMILES string of the molecule is [B]c1ccc(OC2CCN(C(C)C)CC2)c2nc(Nc3ccc(S(=O)(=O)NC(C)C)cc3)ncc12. The number of rotatable bonds is 8. The number of hydrogen-bond donors (Lipinski definition) is 2. The van der Waals surface area contributed by atoms with Crippen molar-refractivity contribution < 1.29 is 13.2 Å². The molecule has 4 rings (SSSR count). The summed E-state index contributed by atoms with van der Waals surface area (Å²) >= 11 is 0. The number of likely N-dealkylation sites (tertiary alicyclic amines) is 1. The number of fused-ring (bicyclic) bond motifs is 1. The van der Waals surface area contributed by atoms with Gasteiger partial charge in [-0.3, -0.25) is 0 Å². The number of nitrogens with zero attached hydrogens (tertiary/aromatic N) is 3. The molecule has 2 heterocycles. The van der Waals surface area contributed by atoms with Gasteiger partial charge in [-0.15, -0.1) is 0 Å². The van der Waals surface area contributed by atoms with E-state index in [0.717, 1.165) is 31.3 Å². The Hall–Kier alpha value is -2.69. The van der Waals surface area contributed by atoms with E-state index in [1.54, 1.807) is 44.3 Å². The number of hydrogen-bond acceptors (Lipinski definition) is 7. The molecule has 0 bridgehead atoms. The normalized spacial score (nSPS) is 15.7.